The molecule has 1 aromatic rings. The third kappa shape index (κ3) is 2.91. The molecule has 0 fully saturated rings. The third-order valence-electron chi connectivity index (χ3n) is 1.84. The highest BCUT2D eigenvalue weighted by Gasteiger charge is 2.09. The summed E-state index contributed by atoms with van der Waals surface area (Å²) in [7, 11) is 1.75. The van der Waals surface area contributed by atoms with Gasteiger partial charge in [0.1, 0.15) is 5.76 Å². The van der Waals surface area contributed by atoms with E-state index in [1.807, 2.05) is 6.07 Å². The first-order chi connectivity index (χ1) is 6.24. The van der Waals surface area contributed by atoms with E-state index in [2.05, 4.69) is 10.6 Å². The van der Waals surface area contributed by atoms with Gasteiger partial charge in [0.25, 0.3) is 0 Å². The molecule has 0 saturated carbocycles. The summed E-state index contributed by atoms with van der Waals surface area (Å²) < 4.78 is 5.06. The van der Waals surface area contributed by atoms with E-state index in [4.69, 9.17) is 4.42 Å². The van der Waals surface area contributed by atoms with Crippen molar-refractivity contribution in [2.75, 3.05) is 7.05 Å². The Balaban J connectivity index is 2.31. The summed E-state index contributed by atoms with van der Waals surface area (Å²) in [4.78, 5) is 11.3. The number of nitrogens with one attached hydrogen (secondary N) is 2. The fourth-order valence-corrected chi connectivity index (χ4v) is 0.872. The van der Waals surface area contributed by atoms with Gasteiger partial charge in [-0.25, -0.2) is 0 Å². The van der Waals surface area contributed by atoms with Crippen LogP contribution in [0.2, 0.25) is 0 Å². The van der Waals surface area contributed by atoms with Gasteiger partial charge in [-0.05, 0) is 26.1 Å². The Hall–Kier alpha value is -1.29. The zero-order chi connectivity index (χ0) is 9.68. The molecular weight excluding hydrogens is 168 g/mol. The molecule has 0 aliphatic carbocycles. The number of carbonyl (C=O) groups is 1. The van der Waals surface area contributed by atoms with E-state index >= 15 is 0 Å². The molecule has 72 valence electrons. The van der Waals surface area contributed by atoms with E-state index in [0.29, 0.717) is 6.54 Å². The van der Waals surface area contributed by atoms with Crippen molar-refractivity contribution >= 4 is 5.91 Å². The number of furan rings is 1. The Kier molecular flexibility index (Phi) is 3.52. The average Bonchev–Trinajstić information content (AvgIpc) is 2.65. The first-order valence-corrected chi connectivity index (χ1v) is 4.21. The third-order valence-corrected chi connectivity index (χ3v) is 1.84. The second-order valence-electron chi connectivity index (χ2n) is 2.81. The summed E-state index contributed by atoms with van der Waals surface area (Å²) in [6.45, 7) is 2.25. The van der Waals surface area contributed by atoms with Gasteiger partial charge < -0.3 is 15.1 Å². The molecule has 2 N–H and O–H groups in total. The van der Waals surface area contributed by atoms with Crippen LogP contribution in [0.4, 0.5) is 0 Å². The fourth-order valence-electron chi connectivity index (χ4n) is 0.872. The van der Waals surface area contributed by atoms with Gasteiger partial charge in [0, 0.05) is 0 Å². The van der Waals surface area contributed by atoms with E-state index in [-0.39, 0.29) is 11.9 Å². The van der Waals surface area contributed by atoms with Gasteiger partial charge in [0.15, 0.2) is 0 Å². The summed E-state index contributed by atoms with van der Waals surface area (Å²) in [6.07, 6.45) is 1.59. The van der Waals surface area contributed by atoms with Crippen LogP contribution < -0.4 is 10.6 Å². The number of carbonyl (C=O) groups excluding carboxylic acids is 1. The lowest BCUT2D eigenvalue weighted by Crippen LogP contribution is -2.39. The van der Waals surface area contributed by atoms with Crippen LogP contribution in [-0.2, 0) is 11.3 Å². The molecule has 13 heavy (non-hydrogen) atoms. The van der Waals surface area contributed by atoms with Crippen molar-refractivity contribution in [2.24, 2.45) is 0 Å². The molecule has 0 radical (unpaired) electrons. The highest BCUT2D eigenvalue weighted by Crippen LogP contribution is 1.98. The summed E-state index contributed by atoms with van der Waals surface area (Å²) in [5, 5.41) is 5.59. The Morgan fingerprint density at radius 1 is 1.69 bits per heavy atom. The smallest absolute Gasteiger partial charge is 0.237 e. The number of likely N-dealkylation sites (N-methyl/N-ethyl adjacent to an activating group) is 1. The van der Waals surface area contributed by atoms with Gasteiger partial charge in [-0.1, -0.05) is 0 Å². The maximum Gasteiger partial charge on any atom is 0.237 e. The standard InChI is InChI=1S/C9H14N2O2/c1-7(10-2)9(12)11-6-8-4-3-5-13-8/h3-5,7,10H,6H2,1-2H3,(H,11,12)/t7-/m1/s1. The zero-order valence-electron chi connectivity index (χ0n) is 7.83. The summed E-state index contributed by atoms with van der Waals surface area (Å²) >= 11 is 0. The Bertz CT molecular complexity index is 257. The molecule has 1 aromatic heterocycles. The Labute approximate surface area is 77.3 Å². The maximum atomic E-state index is 11.3. The largest absolute Gasteiger partial charge is 0.467 e. The lowest BCUT2D eigenvalue weighted by molar-refractivity contribution is -0.122. The number of rotatable bonds is 4. The van der Waals surface area contributed by atoms with Crippen molar-refractivity contribution < 1.29 is 9.21 Å². The predicted octanol–water partition coefficient (Wildman–Crippen LogP) is 0.504. The molecule has 4 heteroatoms. The first kappa shape index (κ1) is 9.80. The topological polar surface area (TPSA) is 54.3 Å². The molecule has 1 rings (SSSR count). The SMILES string of the molecule is CN[C@H](C)C(=O)NCc1ccco1. The van der Waals surface area contributed by atoms with Crippen molar-refractivity contribution in [2.45, 2.75) is 19.5 Å². The minimum absolute atomic E-state index is 0.0288. The fraction of sp³-hybridized carbons (Fsp3) is 0.444. The van der Waals surface area contributed by atoms with Gasteiger partial charge in [0.05, 0.1) is 18.8 Å². The summed E-state index contributed by atoms with van der Waals surface area (Å²) in [5.74, 6) is 0.732. The molecule has 1 atom stereocenters. The Morgan fingerprint density at radius 2 is 2.46 bits per heavy atom. The number of amides is 1. The Morgan fingerprint density at radius 3 is 3.00 bits per heavy atom. The van der Waals surface area contributed by atoms with E-state index in [9.17, 15) is 4.79 Å². The lowest BCUT2D eigenvalue weighted by atomic mass is 10.3. The average molecular weight is 182 g/mol. The van der Waals surface area contributed by atoms with Crippen LogP contribution in [0.25, 0.3) is 0 Å². The van der Waals surface area contributed by atoms with Crippen molar-refractivity contribution in [1.29, 1.82) is 0 Å². The summed E-state index contributed by atoms with van der Waals surface area (Å²) in [6, 6.07) is 3.45. The molecule has 0 unspecified atom stereocenters. The molecule has 0 aliphatic rings. The molecule has 0 aliphatic heterocycles. The van der Waals surface area contributed by atoms with Gasteiger partial charge in [-0.15, -0.1) is 0 Å². The van der Waals surface area contributed by atoms with Crippen molar-refractivity contribution in [3.05, 3.63) is 24.2 Å². The van der Waals surface area contributed by atoms with Gasteiger partial charge >= 0.3 is 0 Å². The van der Waals surface area contributed by atoms with Gasteiger partial charge in [0.2, 0.25) is 5.91 Å². The molecule has 0 aromatic carbocycles. The second kappa shape index (κ2) is 4.67. The maximum absolute atomic E-state index is 11.3. The second-order valence-corrected chi connectivity index (χ2v) is 2.81. The van der Waals surface area contributed by atoms with Crippen LogP contribution in [0.15, 0.2) is 22.8 Å². The predicted molar refractivity (Wildman–Crippen MR) is 49.1 cm³/mol. The van der Waals surface area contributed by atoms with Crippen LogP contribution >= 0.6 is 0 Å². The molecule has 0 saturated heterocycles. The van der Waals surface area contributed by atoms with Crippen LogP contribution in [0.5, 0.6) is 0 Å². The van der Waals surface area contributed by atoms with Crippen molar-refractivity contribution in [1.82, 2.24) is 10.6 Å². The molecule has 4 nitrogen and oxygen atoms in total. The van der Waals surface area contributed by atoms with Gasteiger partial charge in [-0.2, -0.15) is 0 Å². The van der Waals surface area contributed by atoms with E-state index in [0.717, 1.165) is 5.76 Å². The normalized spacial score (nSPS) is 12.5. The molecule has 1 amide bonds. The molecule has 0 spiro atoms. The monoisotopic (exact) mass is 182 g/mol. The van der Waals surface area contributed by atoms with Crippen LogP contribution in [-0.4, -0.2) is 19.0 Å². The van der Waals surface area contributed by atoms with Crippen LogP contribution in [0.3, 0.4) is 0 Å². The summed E-state index contributed by atoms with van der Waals surface area (Å²) in [5.41, 5.74) is 0. The van der Waals surface area contributed by atoms with Crippen LogP contribution in [0, 0.1) is 0 Å². The number of hydrogen-bond acceptors (Lipinski definition) is 3. The minimum atomic E-state index is -0.171. The molecular formula is C9H14N2O2. The molecule has 0 bridgehead atoms. The van der Waals surface area contributed by atoms with E-state index in [1.165, 1.54) is 0 Å². The lowest BCUT2D eigenvalue weighted by Gasteiger charge is -2.09. The highest BCUT2D eigenvalue weighted by molar-refractivity contribution is 5.81. The van der Waals surface area contributed by atoms with E-state index in [1.54, 1.807) is 26.3 Å². The minimum Gasteiger partial charge on any atom is -0.467 e. The zero-order valence-corrected chi connectivity index (χ0v) is 7.83. The quantitative estimate of drug-likeness (QED) is 0.713. The van der Waals surface area contributed by atoms with Gasteiger partial charge in [-0.3, -0.25) is 4.79 Å². The van der Waals surface area contributed by atoms with E-state index < -0.39 is 0 Å². The van der Waals surface area contributed by atoms with Crippen molar-refractivity contribution in [3.8, 4) is 0 Å². The highest BCUT2D eigenvalue weighted by atomic mass is 16.3. The molecule has 1 heterocycles. The number of hydrogen-bond donors (Lipinski definition) is 2. The van der Waals surface area contributed by atoms with Crippen LogP contribution in [0.1, 0.15) is 12.7 Å². The first-order valence-electron chi connectivity index (χ1n) is 4.21. The van der Waals surface area contributed by atoms with Crippen molar-refractivity contribution in [3.63, 3.8) is 0 Å².